The molecule has 8 nitrogen and oxygen atoms in total. The number of benzene rings is 1. The van der Waals surface area contributed by atoms with E-state index >= 15 is 0 Å². The average molecular weight is 593 g/mol. The number of pyridine rings is 1. The van der Waals surface area contributed by atoms with Crippen molar-refractivity contribution in [1.29, 1.82) is 0 Å². The van der Waals surface area contributed by atoms with Crippen molar-refractivity contribution >= 4 is 17.0 Å². The third-order valence-corrected chi connectivity index (χ3v) is 9.57. The van der Waals surface area contributed by atoms with Crippen molar-refractivity contribution in [3.63, 3.8) is 0 Å². The highest BCUT2D eigenvalue weighted by molar-refractivity contribution is 5.75. The normalized spacial score (nSPS) is 24.3. The number of nitrogens with one attached hydrogen (secondary N) is 1. The molecule has 0 spiro atoms. The van der Waals surface area contributed by atoms with E-state index < -0.39 is 17.0 Å². The Balaban J connectivity index is 1.23. The third kappa shape index (κ3) is 5.72. The van der Waals surface area contributed by atoms with E-state index in [2.05, 4.69) is 64.8 Å². The summed E-state index contributed by atoms with van der Waals surface area (Å²) in [7, 11) is 0. The number of hydrogen-bond donors (Lipinski definition) is 1. The lowest BCUT2D eigenvalue weighted by atomic mass is 9.73. The first-order valence-electron chi connectivity index (χ1n) is 15.3. The second-order valence-corrected chi connectivity index (χ2v) is 13.1. The number of nitrogens with zero attached hydrogens (tertiary/aromatic N) is 5. The number of ether oxygens (including phenoxy) is 1. The minimum Gasteiger partial charge on any atom is -0.349 e. The van der Waals surface area contributed by atoms with Crippen LogP contribution in [0.4, 0.5) is 14.7 Å². The van der Waals surface area contributed by atoms with E-state index in [1.807, 2.05) is 19.9 Å². The maximum Gasteiger partial charge on any atom is 0.252 e. The number of hydrogen-bond acceptors (Lipinski definition) is 7. The molecule has 2 atom stereocenters. The summed E-state index contributed by atoms with van der Waals surface area (Å²) in [6, 6.07) is 11.7. The lowest BCUT2D eigenvalue weighted by molar-refractivity contribution is -0.0941. The van der Waals surface area contributed by atoms with Crippen molar-refractivity contribution in [2.24, 2.45) is 0 Å². The van der Waals surface area contributed by atoms with Crippen molar-refractivity contribution in [3.8, 4) is 0 Å². The molecule has 230 valence electrons. The fraction of sp³-hybridized carbons (Fsp3) is 0.545. The SMILES string of the molecule is C=CC1OC1N1CCN(C2(c3ccc(C(C)(C)Nc4ncc5ccc(=O)n(C(C)C)c5n4)cc3)CCC(F)(F)CC2)CC1. The fourth-order valence-corrected chi connectivity index (χ4v) is 6.95. The first-order chi connectivity index (χ1) is 20.4. The van der Waals surface area contributed by atoms with Crippen LogP contribution < -0.4 is 10.9 Å². The van der Waals surface area contributed by atoms with Gasteiger partial charge in [0.1, 0.15) is 18.0 Å². The standard InChI is InChI=1S/C33H42F2N6O2/c1-6-26-29(43-26)39-17-19-40(20-18-39)32(13-15-33(34,35)16-14-32)25-10-8-24(9-11-25)31(4,5)38-30-36-21-23-7-12-27(42)41(22(2)3)28(23)37-30/h6-12,21-22,26,29H,1,13-20H2,2-5H3,(H,36,37,38). The number of halogens is 2. The maximum absolute atomic E-state index is 14.4. The lowest BCUT2D eigenvalue weighted by Crippen LogP contribution is -2.58. The molecule has 3 aliphatic rings. The summed E-state index contributed by atoms with van der Waals surface area (Å²) in [6.07, 6.45) is 4.42. The summed E-state index contributed by atoms with van der Waals surface area (Å²) in [4.78, 5) is 26.5. The summed E-state index contributed by atoms with van der Waals surface area (Å²) in [5.41, 5.74) is 1.65. The van der Waals surface area contributed by atoms with Crippen LogP contribution in [0.2, 0.25) is 0 Å². The second kappa shape index (κ2) is 11.1. The van der Waals surface area contributed by atoms with Gasteiger partial charge in [0, 0.05) is 68.3 Å². The molecule has 1 aliphatic carbocycles. The summed E-state index contributed by atoms with van der Waals surface area (Å²) >= 11 is 0. The Morgan fingerprint density at radius 3 is 2.33 bits per heavy atom. The molecule has 0 bridgehead atoms. The second-order valence-electron chi connectivity index (χ2n) is 13.1. The molecule has 1 N–H and O–H groups in total. The van der Waals surface area contributed by atoms with E-state index in [9.17, 15) is 13.6 Å². The number of piperazine rings is 1. The summed E-state index contributed by atoms with van der Waals surface area (Å²) in [5.74, 6) is -2.18. The molecule has 3 fully saturated rings. The monoisotopic (exact) mass is 592 g/mol. The quantitative estimate of drug-likeness (QED) is 0.267. The van der Waals surface area contributed by atoms with Crippen molar-refractivity contribution in [1.82, 2.24) is 24.3 Å². The molecule has 2 saturated heterocycles. The Bertz CT molecular complexity index is 1540. The largest absolute Gasteiger partial charge is 0.349 e. The van der Waals surface area contributed by atoms with Gasteiger partial charge in [-0.15, -0.1) is 6.58 Å². The zero-order valence-electron chi connectivity index (χ0n) is 25.5. The molecular weight excluding hydrogens is 550 g/mol. The Hall–Kier alpha value is -3.21. The number of epoxide rings is 1. The molecular formula is C33H42F2N6O2. The van der Waals surface area contributed by atoms with E-state index in [1.54, 1.807) is 22.9 Å². The number of fused-ring (bicyclic) bond motifs is 1. The predicted octanol–water partition coefficient (Wildman–Crippen LogP) is 5.65. The van der Waals surface area contributed by atoms with Crippen LogP contribution >= 0.6 is 0 Å². The van der Waals surface area contributed by atoms with Gasteiger partial charge >= 0.3 is 0 Å². The van der Waals surface area contributed by atoms with E-state index in [4.69, 9.17) is 9.72 Å². The first kappa shape index (κ1) is 29.8. The lowest BCUT2D eigenvalue weighted by Gasteiger charge is -2.51. The van der Waals surface area contributed by atoms with Crippen LogP contribution in [-0.4, -0.2) is 68.8 Å². The predicted molar refractivity (Wildman–Crippen MR) is 164 cm³/mol. The van der Waals surface area contributed by atoms with Gasteiger partial charge in [0.25, 0.3) is 5.56 Å². The topological polar surface area (TPSA) is 78.8 Å². The number of rotatable bonds is 8. The summed E-state index contributed by atoms with van der Waals surface area (Å²) < 4.78 is 36.2. The minimum absolute atomic E-state index is 0.0411. The smallest absolute Gasteiger partial charge is 0.252 e. The maximum atomic E-state index is 14.4. The molecule has 0 amide bonds. The van der Waals surface area contributed by atoms with Gasteiger partial charge in [0.05, 0.1) is 5.54 Å². The zero-order chi connectivity index (χ0) is 30.6. The van der Waals surface area contributed by atoms with Crippen LogP contribution in [0.3, 0.4) is 0 Å². The van der Waals surface area contributed by atoms with E-state index in [-0.39, 0.29) is 36.8 Å². The molecule has 43 heavy (non-hydrogen) atoms. The average Bonchev–Trinajstić information content (AvgIpc) is 3.77. The van der Waals surface area contributed by atoms with Gasteiger partial charge in [0.15, 0.2) is 0 Å². The molecule has 6 rings (SSSR count). The molecule has 2 aromatic heterocycles. The van der Waals surface area contributed by atoms with Gasteiger partial charge < -0.3 is 10.1 Å². The fourth-order valence-electron chi connectivity index (χ4n) is 6.95. The number of anilines is 1. The van der Waals surface area contributed by atoms with E-state index in [0.29, 0.717) is 24.4 Å². The van der Waals surface area contributed by atoms with Crippen LogP contribution in [0.25, 0.3) is 11.0 Å². The van der Waals surface area contributed by atoms with Crippen molar-refractivity contribution in [3.05, 3.63) is 76.7 Å². The third-order valence-electron chi connectivity index (χ3n) is 9.57. The minimum atomic E-state index is -2.61. The van der Waals surface area contributed by atoms with Gasteiger partial charge in [-0.05, 0) is 57.7 Å². The molecule has 2 unspecified atom stereocenters. The Kier molecular flexibility index (Phi) is 7.67. The highest BCUT2D eigenvalue weighted by Gasteiger charge is 2.50. The highest BCUT2D eigenvalue weighted by Crippen LogP contribution is 2.48. The van der Waals surface area contributed by atoms with Gasteiger partial charge in [-0.3, -0.25) is 19.2 Å². The van der Waals surface area contributed by atoms with Gasteiger partial charge in [-0.2, -0.15) is 4.98 Å². The van der Waals surface area contributed by atoms with Crippen molar-refractivity contribution < 1.29 is 13.5 Å². The first-order valence-corrected chi connectivity index (χ1v) is 15.3. The van der Waals surface area contributed by atoms with Crippen molar-refractivity contribution in [2.75, 3.05) is 31.5 Å². The van der Waals surface area contributed by atoms with Crippen LogP contribution in [0.15, 0.2) is 60.0 Å². The van der Waals surface area contributed by atoms with Gasteiger partial charge in [0.2, 0.25) is 11.9 Å². The molecule has 3 aromatic rings. The summed E-state index contributed by atoms with van der Waals surface area (Å²) in [6.45, 7) is 15.2. The van der Waals surface area contributed by atoms with Crippen LogP contribution in [0.5, 0.6) is 0 Å². The molecule has 10 heteroatoms. The molecule has 2 aliphatic heterocycles. The Labute approximate surface area is 251 Å². The Morgan fingerprint density at radius 2 is 1.72 bits per heavy atom. The molecule has 1 aromatic carbocycles. The molecule has 4 heterocycles. The van der Waals surface area contributed by atoms with Gasteiger partial charge in [-0.1, -0.05) is 30.3 Å². The van der Waals surface area contributed by atoms with Crippen LogP contribution in [0, 0.1) is 0 Å². The highest BCUT2D eigenvalue weighted by atomic mass is 19.3. The molecule has 1 saturated carbocycles. The zero-order valence-corrected chi connectivity index (χ0v) is 25.5. The Morgan fingerprint density at radius 1 is 1.05 bits per heavy atom. The molecule has 0 radical (unpaired) electrons. The summed E-state index contributed by atoms with van der Waals surface area (Å²) in [5, 5.41) is 4.25. The van der Waals surface area contributed by atoms with Crippen LogP contribution in [-0.2, 0) is 15.8 Å². The van der Waals surface area contributed by atoms with Crippen LogP contribution in [0.1, 0.15) is 70.5 Å². The van der Waals surface area contributed by atoms with E-state index in [0.717, 1.165) is 42.7 Å². The van der Waals surface area contributed by atoms with Crippen molar-refractivity contribution in [2.45, 2.75) is 88.8 Å². The number of aromatic nitrogens is 3. The van der Waals surface area contributed by atoms with Gasteiger partial charge in [-0.25, -0.2) is 13.8 Å². The number of alkyl halides is 2. The van der Waals surface area contributed by atoms with E-state index in [1.165, 1.54) is 0 Å².